The second kappa shape index (κ2) is 6.12. The minimum absolute atomic E-state index is 0.00257. The standard InChI is InChI=1S/C7H15NO3/c1-3-11-6(2)4-8-5-7(9)10/h6,8H,3-5H2,1-2H3,(H,9,10). The van der Waals surface area contributed by atoms with Gasteiger partial charge < -0.3 is 15.2 Å². The Labute approximate surface area is 66.5 Å². The van der Waals surface area contributed by atoms with E-state index in [2.05, 4.69) is 5.32 Å². The minimum atomic E-state index is -0.839. The second-order valence-electron chi connectivity index (χ2n) is 2.29. The molecule has 66 valence electrons. The molecule has 0 saturated carbocycles. The fourth-order valence-electron chi connectivity index (χ4n) is 0.726. The SMILES string of the molecule is CCOC(C)CNCC(=O)O. The van der Waals surface area contributed by atoms with Crippen LogP contribution >= 0.6 is 0 Å². The Balaban J connectivity index is 3.16. The molecule has 11 heavy (non-hydrogen) atoms. The fraction of sp³-hybridized carbons (Fsp3) is 0.857. The summed E-state index contributed by atoms with van der Waals surface area (Å²) in [4.78, 5) is 10.0. The van der Waals surface area contributed by atoms with Crippen LogP contribution in [0, 0.1) is 0 Å². The minimum Gasteiger partial charge on any atom is -0.480 e. The van der Waals surface area contributed by atoms with Gasteiger partial charge in [0.05, 0.1) is 12.6 Å². The number of carboxylic acids is 1. The van der Waals surface area contributed by atoms with Crippen molar-refractivity contribution in [3.05, 3.63) is 0 Å². The van der Waals surface area contributed by atoms with E-state index in [1.54, 1.807) is 0 Å². The molecule has 0 aliphatic carbocycles. The third-order valence-electron chi connectivity index (χ3n) is 1.16. The fourth-order valence-corrected chi connectivity index (χ4v) is 0.726. The molecule has 0 heterocycles. The van der Waals surface area contributed by atoms with E-state index in [0.29, 0.717) is 13.2 Å². The summed E-state index contributed by atoms with van der Waals surface area (Å²) in [5.41, 5.74) is 0. The number of nitrogens with one attached hydrogen (secondary N) is 1. The first-order valence-electron chi connectivity index (χ1n) is 3.71. The summed E-state index contributed by atoms with van der Waals surface area (Å²) in [5, 5.41) is 11.0. The molecule has 0 radical (unpaired) electrons. The summed E-state index contributed by atoms with van der Waals surface area (Å²) in [7, 11) is 0. The Morgan fingerprint density at radius 1 is 1.73 bits per heavy atom. The molecule has 0 aromatic rings. The lowest BCUT2D eigenvalue weighted by Gasteiger charge is -2.10. The summed E-state index contributed by atoms with van der Waals surface area (Å²) in [5.74, 6) is -0.839. The molecule has 0 aromatic heterocycles. The van der Waals surface area contributed by atoms with Crippen molar-refractivity contribution < 1.29 is 14.6 Å². The van der Waals surface area contributed by atoms with E-state index in [1.165, 1.54) is 0 Å². The summed E-state index contributed by atoms with van der Waals surface area (Å²) in [6.07, 6.45) is 0.0827. The van der Waals surface area contributed by atoms with E-state index in [1.807, 2.05) is 13.8 Å². The first-order valence-corrected chi connectivity index (χ1v) is 3.71. The van der Waals surface area contributed by atoms with E-state index in [0.717, 1.165) is 0 Å². The lowest BCUT2D eigenvalue weighted by molar-refractivity contribution is -0.136. The Kier molecular flexibility index (Phi) is 5.78. The van der Waals surface area contributed by atoms with Gasteiger partial charge in [-0.05, 0) is 13.8 Å². The summed E-state index contributed by atoms with van der Waals surface area (Å²) in [6, 6.07) is 0. The van der Waals surface area contributed by atoms with Gasteiger partial charge in [-0.2, -0.15) is 0 Å². The van der Waals surface area contributed by atoms with Gasteiger partial charge >= 0.3 is 5.97 Å². The lowest BCUT2D eigenvalue weighted by Crippen LogP contribution is -2.31. The van der Waals surface area contributed by atoms with Gasteiger partial charge in [0.25, 0.3) is 0 Å². The molecule has 0 fully saturated rings. The van der Waals surface area contributed by atoms with E-state index in [-0.39, 0.29) is 12.6 Å². The average Bonchev–Trinajstić information content (AvgIpc) is 1.87. The number of aliphatic carboxylic acids is 1. The lowest BCUT2D eigenvalue weighted by atomic mass is 10.4. The molecule has 4 heteroatoms. The molecule has 0 aliphatic rings. The van der Waals surface area contributed by atoms with Gasteiger partial charge in [0.1, 0.15) is 0 Å². The summed E-state index contributed by atoms with van der Waals surface area (Å²) < 4.78 is 5.17. The van der Waals surface area contributed by atoms with Crippen LogP contribution in [0.5, 0.6) is 0 Å². The normalized spacial score (nSPS) is 12.9. The third kappa shape index (κ3) is 7.29. The van der Waals surface area contributed by atoms with Gasteiger partial charge in [0, 0.05) is 13.2 Å². The predicted octanol–water partition coefficient (Wildman–Crippen LogP) is 0.0856. The molecule has 0 rings (SSSR count). The monoisotopic (exact) mass is 161 g/mol. The van der Waals surface area contributed by atoms with Crippen molar-refractivity contribution in [3.8, 4) is 0 Å². The number of hydrogen-bond donors (Lipinski definition) is 2. The second-order valence-corrected chi connectivity index (χ2v) is 2.29. The molecule has 0 aliphatic heterocycles. The molecule has 0 spiro atoms. The van der Waals surface area contributed by atoms with Gasteiger partial charge in [0.15, 0.2) is 0 Å². The van der Waals surface area contributed by atoms with Crippen LogP contribution in [-0.2, 0) is 9.53 Å². The quantitative estimate of drug-likeness (QED) is 0.579. The van der Waals surface area contributed by atoms with Gasteiger partial charge in [-0.25, -0.2) is 0 Å². The van der Waals surface area contributed by atoms with Crippen molar-refractivity contribution in [1.29, 1.82) is 0 Å². The van der Waals surface area contributed by atoms with Crippen LogP contribution in [0.25, 0.3) is 0 Å². The Bertz CT molecular complexity index is 116. The highest BCUT2D eigenvalue weighted by atomic mass is 16.5. The molecule has 1 atom stereocenters. The van der Waals surface area contributed by atoms with Gasteiger partial charge in [-0.1, -0.05) is 0 Å². The molecule has 2 N–H and O–H groups in total. The van der Waals surface area contributed by atoms with E-state index < -0.39 is 5.97 Å². The smallest absolute Gasteiger partial charge is 0.317 e. The summed E-state index contributed by atoms with van der Waals surface area (Å²) >= 11 is 0. The number of carbonyl (C=O) groups is 1. The molecular formula is C7H15NO3. The van der Waals surface area contributed by atoms with Crippen molar-refractivity contribution in [3.63, 3.8) is 0 Å². The molecular weight excluding hydrogens is 146 g/mol. The van der Waals surface area contributed by atoms with Gasteiger partial charge in [-0.15, -0.1) is 0 Å². The highest BCUT2D eigenvalue weighted by Crippen LogP contribution is 1.86. The highest BCUT2D eigenvalue weighted by molar-refractivity contribution is 5.68. The maximum absolute atomic E-state index is 10.0. The van der Waals surface area contributed by atoms with Crippen molar-refractivity contribution >= 4 is 5.97 Å². The van der Waals surface area contributed by atoms with E-state index in [9.17, 15) is 4.79 Å². The number of carboxylic acid groups (broad SMARTS) is 1. The number of ether oxygens (including phenoxy) is 1. The van der Waals surface area contributed by atoms with Crippen molar-refractivity contribution in [2.24, 2.45) is 0 Å². The molecule has 1 unspecified atom stereocenters. The van der Waals surface area contributed by atoms with Crippen LogP contribution in [0.15, 0.2) is 0 Å². The zero-order chi connectivity index (χ0) is 8.69. The van der Waals surface area contributed by atoms with Gasteiger partial charge in [-0.3, -0.25) is 4.79 Å². The predicted molar refractivity (Wildman–Crippen MR) is 41.6 cm³/mol. The topological polar surface area (TPSA) is 58.6 Å². The Morgan fingerprint density at radius 3 is 2.82 bits per heavy atom. The highest BCUT2D eigenvalue weighted by Gasteiger charge is 2.00. The first kappa shape index (κ1) is 10.4. The largest absolute Gasteiger partial charge is 0.480 e. The molecule has 0 aromatic carbocycles. The van der Waals surface area contributed by atoms with Crippen LogP contribution in [0.1, 0.15) is 13.8 Å². The van der Waals surface area contributed by atoms with Crippen molar-refractivity contribution in [2.45, 2.75) is 20.0 Å². The van der Waals surface area contributed by atoms with Crippen LogP contribution in [0.3, 0.4) is 0 Å². The Hall–Kier alpha value is -0.610. The van der Waals surface area contributed by atoms with Crippen LogP contribution in [0.2, 0.25) is 0 Å². The maximum Gasteiger partial charge on any atom is 0.317 e. The molecule has 0 bridgehead atoms. The zero-order valence-electron chi connectivity index (χ0n) is 6.96. The Morgan fingerprint density at radius 2 is 2.36 bits per heavy atom. The maximum atomic E-state index is 10.0. The van der Waals surface area contributed by atoms with Crippen LogP contribution < -0.4 is 5.32 Å². The van der Waals surface area contributed by atoms with Crippen LogP contribution in [0.4, 0.5) is 0 Å². The molecule has 0 amide bonds. The number of rotatable bonds is 6. The van der Waals surface area contributed by atoms with Crippen molar-refractivity contribution in [2.75, 3.05) is 19.7 Å². The van der Waals surface area contributed by atoms with Gasteiger partial charge in [0.2, 0.25) is 0 Å². The number of hydrogen-bond acceptors (Lipinski definition) is 3. The van der Waals surface area contributed by atoms with Crippen molar-refractivity contribution in [1.82, 2.24) is 5.32 Å². The first-order chi connectivity index (χ1) is 5.16. The average molecular weight is 161 g/mol. The third-order valence-corrected chi connectivity index (χ3v) is 1.16. The van der Waals surface area contributed by atoms with E-state index >= 15 is 0 Å². The van der Waals surface area contributed by atoms with E-state index in [4.69, 9.17) is 9.84 Å². The van der Waals surface area contributed by atoms with Crippen LogP contribution in [-0.4, -0.2) is 36.9 Å². The molecule has 0 saturated heterocycles. The zero-order valence-corrected chi connectivity index (χ0v) is 6.96. The molecule has 4 nitrogen and oxygen atoms in total. The summed E-state index contributed by atoms with van der Waals surface area (Å²) in [6.45, 7) is 5.06.